The van der Waals surface area contributed by atoms with Crippen molar-refractivity contribution < 1.29 is 13.2 Å². The van der Waals surface area contributed by atoms with Crippen LogP contribution in [-0.2, 0) is 21.3 Å². The maximum Gasteiger partial charge on any atom is 0.216 e. The van der Waals surface area contributed by atoms with E-state index < -0.39 is 10.0 Å². The molecule has 1 saturated heterocycles. The van der Waals surface area contributed by atoms with Crippen molar-refractivity contribution in [1.29, 1.82) is 0 Å². The van der Waals surface area contributed by atoms with E-state index in [-0.39, 0.29) is 11.9 Å². The molecule has 0 N–H and O–H groups in total. The molecule has 8 heteroatoms. The van der Waals surface area contributed by atoms with E-state index in [0.29, 0.717) is 29.7 Å². The third-order valence-electron chi connectivity index (χ3n) is 4.42. The molecule has 1 heterocycles. The summed E-state index contributed by atoms with van der Waals surface area (Å²) in [6.45, 7) is 2.23. The molecule has 0 radical (unpaired) electrons. The largest absolute Gasteiger partial charge is 0.377 e. The Morgan fingerprint density at radius 3 is 2.54 bits per heavy atom. The van der Waals surface area contributed by atoms with Gasteiger partial charge in [0, 0.05) is 19.7 Å². The van der Waals surface area contributed by atoms with Gasteiger partial charge in [0.2, 0.25) is 10.0 Å². The average Bonchev–Trinajstić information content (AvgIpc) is 2.57. The van der Waals surface area contributed by atoms with Crippen molar-refractivity contribution in [3.05, 3.63) is 33.8 Å². The molecule has 1 atom stereocenters. The maximum atomic E-state index is 13.0. The van der Waals surface area contributed by atoms with Crippen LogP contribution in [0.15, 0.2) is 18.2 Å². The Bertz CT molecular complexity index is 677. The molecule has 148 valence electrons. The molecule has 1 aliphatic heterocycles. The first-order chi connectivity index (χ1) is 12.3. The second-order valence-corrected chi connectivity index (χ2v) is 9.83. The fraction of sp³-hybridized carbons (Fsp3) is 0.667. The highest BCUT2D eigenvalue weighted by Gasteiger charge is 2.28. The van der Waals surface area contributed by atoms with Crippen LogP contribution in [0, 0.1) is 0 Å². The zero-order chi connectivity index (χ0) is 19.2. The normalized spacial score (nSPS) is 18.6. The van der Waals surface area contributed by atoms with Crippen molar-refractivity contribution in [3.63, 3.8) is 0 Å². The van der Waals surface area contributed by atoms with Crippen LogP contribution in [0.2, 0.25) is 10.0 Å². The lowest BCUT2D eigenvalue weighted by Crippen LogP contribution is -2.39. The molecule has 0 bridgehead atoms. The first-order valence-corrected chi connectivity index (χ1v) is 11.3. The van der Waals surface area contributed by atoms with Gasteiger partial charge in [-0.25, -0.2) is 8.42 Å². The minimum absolute atomic E-state index is 0.0380. The van der Waals surface area contributed by atoms with Crippen molar-refractivity contribution in [2.75, 3.05) is 39.5 Å². The number of ether oxygens (including phenoxy) is 1. The highest BCUT2D eigenvalue weighted by atomic mass is 35.5. The zero-order valence-corrected chi connectivity index (χ0v) is 17.8. The minimum atomic E-state index is -3.43. The second-order valence-electron chi connectivity index (χ2n) is 7.01. The van der Waals surface area contributed by atoms with E-state index in [2.05, 4.69) is 0 Å². The first kappa shape index (κ1) is 21.9. The summed E-state index contributed by atoms with van der Waals surface area (Å²) in [5, 5.41) is 0.901. The number of halogens is 2. The minimum Gasteiger partial charge on any atom is -0.377 e. The predicted molar refractivity (Wildman–Crippen MR) is 107 cm³/mol. The van der Waals surface area contributed by atoms with E-state index in [1.54, 1.807) is 16.4 Å². The van der Waals surface area contributed by atoms with Crippen molar-refractivity contribution in [2.45, 2.75) is 38.3 Å². The lowest BCUT2D eigenvalue weighted by molar-refractivity contribution is 0.0298. The van der Waals surface area contributed by atoms with Crippen LogP contribution < -0.4 is 0 Å². The number of hydrogen-bond donors (Lipinski definition) is 0. The van der Waals surface area contributed by atoms with Crippen molar-refractivity contribution in [2.24, 2.45) is 0 Å². The van der Waals surface area contributed by atoms with Gasteiger partial charge in [0.25, 0.3) is 0 Å². The summed E-state index contributed by atoms with van der Waals surface area (Å²) in [6, 6.07) is 5.25. The molecule has 0 aliphatic carbocycles. The van der Waals surface area contributed by atoms with Crippen molar-refractivity contribution in [3.8, 4) is 0 Å². The van der Waals surface area contributed by atoms with Gasteiger partial charge >= 0.3 is 0 Å². The number of hydrogen-bond acceptors (Lipinski definition) is 4. The smallest absolute Gasteiger partial charge is 0.216 e. The molecule has 1 unspecified atom stereocenters. The molecule has 26 heavy (non-hydrogen) atoms. The third-order valence-corrected chi connectivity index (χ3v) is 7.05. The van der Waals surface area contributed by atoms with Gasteiger partial charge in [-0.05, 0) is 64.0 Å². The summed E-state index contributed by atoms with van der Waals surface area (Å²) in [4.78, 5) is 2.05. The number of nitrogens with zero attached hydrogens (tertiary/aromatic N) is 2. The summed E-state index contributed by atoms with van der Waals surface area (Å²) in [7, 11) is 0.532. The molecule has 0 saturated carbocycles. The molecular formula is C18H28Cl2N2O3S. The van der Waals surface area contributed by atoms with Gasteiger partial charge < -0.3 is 9.64 Å². The Kier molecular flexibility index (Phi) is 8.64. The fourth-order valence-electron chi connectivity index (χ4n) is 3.00. The third kappa shape index (κ3) is 6.98. The average molecular weight is 423 g/mol. The van der Waals surface area contributed by atoms with Gasteiger partial charge in [-0.15, -0.1) is 0 Å². The molecule has 5 nitrogen and oxygen atoms in total. The fourth-order valence-corrected chi connectivity index (χ4v) is 5.02. The molecular weight excluding hydrogens is 395 g/mol. The first-order valence-electron chi connectivity index (χ1n) is 8.96. The standard InChI is InChI=1S/C18H28Cl2N2O3S/c1-21(2)9-5-10-22(13-15-7-8-17(19)18(20)12-15)26(23,24)14-16-6-3-4-11-25-16/h7-8,12,16H,3-6,9-11,13-14H2,1-2H3. The Hall–Kier alpha value is -0.370. The quantitative estimate of drug-likeness (QED) is 0.609. The summed E-state index contributed by atoms with van der Waals surface area (Å²) in [5.74, 6) is 0.0380. The summed E-state index contributed by atoms with van der Waals surface area (Å²) < 4.78 is 33.2. The van der Waals surface area contributed by atoms with Crippen LogP contribution in [0.5, 0.6) is 0 Å². The SMILES string of the molecule is CN(C)CCCN(Cc1ccc(Cl)c(Cl)c1)S(=O)(=O)CC1CCCCO1. The lowest BCUT2D eigenvalue weighted by atomic mass is 10.1. The topological polar surface area (TPSA) is 49.9 Å². The zero-order valence-electron chi connectivity index (χ0n) is 15.5. The number of rotatable bonds is 9. The molecule has 0 amide bonds. The highest BCUT2D eigenvalue weighted by Crippen LogP contribution is 2.24. The summed E-state index contributed by atoms with van der Waals surface area (Å²) in [6.07, 6.45) is 3.38. The molecule has 1 aliphatic rings. The molecule has 1 aromatic carbocycles. The van der Waals surface area contributed by atoms with E-state index in [0.717, 1.165) is 37.8 Å². The summed E-state index contributed by atoms with van der Waals surface area (Å²) in [5.41, 5.74) is 0.831. The van der Waals surface area contributed by atoms with Crippen LogP contribution in [-0.4, -0.2) is 63.3 Å². The molecule has 0 spiro atoms. The van der Waals surface area contributed by atoms with E-state index in [1.807, 2.05) is 25.1 Å². The highest BCUT2D eigenvalue weighted by molar-refractivity contribution is 7.89. The second kappa shape index (κ2) is 10.2. The van der Waals surface area contributed by atoms with Gasteiger partial charge in [0.15, 0.2) is 0 Å². The molecule has 0 aromatic heterocycles. The number of sulfonamides is 1. The Morgan fingerprint density at radius 2 is 1.92 bits per heavy atom. The Morgan fingerprint density at radius 1 is 1.15 bits per heavy atom. The molecule has 1 aromatic rings. The van der Waals surface area contributed by atoms with E-state index in [1.165, 1.54) is 0 Å². The van der Waals surface area contributed by atoms with E-state index >= 15 is 0 Å². The van der Waals surface area contributed by atoms with Crippen LogP contribution in [0.1, 0.15) is 31.2 Å². The van der Waals surface area contributed by atoms with E-state index in [4.69, 9.17) is 27.9 Å². The van der Waals surface area contributed by atoms with Crippen LogP contribution >= 0.6 is 23.2 Å². The summed E-state index contributed by atoms with van der Waals surface area (Å²) >= 11 is 12.1. The van der Waals surface area contributed by atoms with Gasteiger partial charge in [-0.2, -0.15) is 4.31 Å². The van der Waals surface area contributed by atoms with E-state index in [9.17, 15) is 8.42 Å². The number of benzene rings is 1. The van der Waals surface area contributed by atoms with Crippen LogP contribution in [0.4, 0.5) is 0 Å². The van der Waals surface area contributed by atoms with Crippen molar-refractivity contribution >= 4 is 33.2 Å². The van der Waals surface area contributed by atoms with Gasteiger partial charge in [0.05, 0.1) is 21.9 Å². The van der Waals surface area contributed by atoms with Crippen LogP contribution in [0.3, 0.4) is 0 Å². The molecule has 1 fully saturated rings. The molecule has 2 rings (SSSR count). The lowest BCUT2D eigenvalue weighted by Gasteiger charge is -2.27. The van der Waals surface area contributed by atoms with Gasteiger partial charge in [-0.3, -0.25) is 0 Å². The monoisotopic (exact) mass is 422 g/mol. The Labute approximate surface area is 167 Å². The van der Waals surface area contributed by atoms with Gasteiger partial charge in [0.1, 0.15) is 0 Å². The van der Waals surface area contributed by atoms with Gasteiger partial charge in [-0.1, -0.05) is 29.3 Å². The predicted octanol–water partition coefficient (Wildman–Crippen LogP) is 3.65. The Balaban J connectivity index is 2.11. The van der Waals surface area contributed by atoms with Crippen molar-refractivity contribution in [1.82, 2.24) is 9.21 Å². The van der Waals surface area contributed by atoms with Crippen LogP contribution in [0.25, 0.3) is 0 Å². The maximum absolute atomic E-state index is 13.0.